The van der Waals surface area contributed by atoms with Crippen LogP contribution in [0.2, 0.25) is 0 Å². The number of hydrogen-bond acceptors (Lipinski definition) is 0. The van der Waals surface area contributed by atoms with Crippen molar-refractivity contribution in [3.63, 3.8) is 0 Å². The summed E-state index contributed by atoms with van der Waals surface area (Å²) in [6.45, 7) is 2.16. The van der Waals surface area contributed by atoms with Crippen LogP contribution in [0.4, 0.5) is 0 Å². The lowest BCUT2D eigenvalue weighted by atomic mass is 10.0. The van der Waals surface area contributed by atoms with Crippen LogP contribution in [-0.4, -0.2) is 0 Å². The smallest absolute Gasteiger partial charge is 0.00174 e. The minimum absolute atomic E-state index is 0.833. The van der Waals surface area contributed by atoms with Crippen LogP contribution < -0.4 is 0 Å². The van der Waals surface area contributed by atoms with Crippen molar-refractivity contribution in [2.75, 3.05) is 0 Å². The van der Waals surface area contributed by atoms with E-state index in [0.29, 0.717) is 0 Å². The molecule has 0 saturated heterocycles. The van der Waals surface area contributed by atoms with Gasteiger partial charge in [0, 0.05) is 0 Å². The van der Waals surface area contributed by atoms with E-state index in [0.717, 1.165) is 11.8 Å². The first-order chi connectivity index (χ1) is 4.40. The molecule has 1 saturated carbocycles. The highest BCUT2D eigenvalue weighted by Crippen LogP contribution is 2.42. The summed E-state index contributed by atoms with van der Waals surface area (Å²) >= 11 is 0. The summed E-state index contributed by atoms with van der Waals surface area (Å²) in [5.41, 5.74) is 1.67. The summed E-state index contributed by atoms with van der Waals surface area (Å²) < 4.78 is 0. The molecule has 0 amide bonds. The van der Waals surface area contributed by atoms with E-state index < -0.39 is 0 Å². The molecule has 9 heavy (non-hydrogen) atoms. The van der Waals surface area contributed by atoms with Gasteiger partial charge in [0.1, 0.15) is 0 Å². The number of fused-ring (bicyclic) bond motifs is 2. The van der Waals surface area contributed by atoms with E-state index >= 15 is 0 Å². The molecule has 0 spiro atoms. The zero-order chi connectivity index (χ0) is 6.27. The van der Waals surface area contributed by atoms with Gasteiger partial charge in [-0.3, -0.25) is 0 Å². The maximum absolute atomic E-state index is 2.37. The van der Waals surface area contributed by atoms with Crippen LogP contribution in [-0.2, 0) is 0 Å². The molecule has 0 aliphatic heterocycles. The van der Waals surface area contributed by atoms with Crippen molar-refractivity contribution in [3.05, 3.63) is 23.8 Å². The SMILES string of the molecule is C/C=C1\C[C@@H]2C=C[C@H]1C2. The van der Waals surface area contributed by atoms with Crippen molar-refractivity contribution in [1.82, 2.24) is 0 Å². The van der Waals surface area contributed by atoms with E-state index in [-0.39, 0.29) is 0 Å². The fraction of sp³-hybridized carbons (Fsp3) is 0.556. The minimum Gasteiger partial charge on any atom is -0.0878 e. The molecule has 0 heterocycles. The van der Waals surface area contributed by atoms with Crippen molar-refractivity contribution in [3.8, 4) is 0 Å². The van der Waals surface area contributed by atoms with Gasteiger partial charge in [-0.25, -0.2) is 0 Å². The van der Waals surface area contributed by atoms with Gasteiger partial charge in [0.2, 0.25) is 0 Å². The molecule has 0 aromatic carbocycles. The van der Waals surface area contributed by atoms with Crippen LogP contribution in [0.25, 0.3) is 0 Å². The van der Waals surface area contributed by atoms with Gasteiger partial charge in [0.15, 0.2) is 0 Å². The van der Waals surface area contributed by atoms with Gasteiger partial charge in [-0.2, -0.15) is 0 Å². The monoisotopic (exact) mass is 120 g/mol. The number of rotatable bonds is 0. The molecular formula is C9H12. The third kappa shape index (κ3) is 0.658. The molecule has 1 fully saturated rings. The Kier molecular flexibility index (Phi) is 1.01. The summed E-state index contributed by atoms with van der Waals surface area (Å²) in [6, 6.07) is 0. The lowest BCUT2D eigenvalue weighted by molar-refractivity contribution is 0.693. The predicted molar refractivity (Wildman–Crippen MR) is 39.1 cm³/mol. The van der Waals surface area contributed by atoms with Crippen LogP contribution in [0.1, 0.15) is 19.8 Å². The van der Waals surface area contributed by atoms with Crippen LogP contribution in [0, 0.1) is 11.8 Å². The molecule has 0 nitrogen and oxygen atoms in total. The second kappa shape index (κ2) is 1.73. The summed E-state index contributed by atoms with van der Waals surface area (Å²) in [6.07, 6.45) is 9.77. The molecule has 0 unspecified atom stereocenters. The van der Waals surface area contributed by atoms with Gasteiger partial charge < -0.3 is 0 Å². The van der Waals surface area contributed by atoms with E-state index in [9.17, 15) is 0 Å². The van der Waals surface area contributed by atoms with E-state index in [2.05, 4.69) is 25.2 Å². The summed E-state index contributed by atoms with van der Waals surface area (Å²) in [4.78, 5) is 0. The van der Waals surface area contributed by atoms with Gasteiger partial charge >= 0.3 is 0 Å². The molecular weight excluding hydrogens is 108 g/mol. The summed E-state index contributed by atoms with van der Waals surface area (Å²) in [5, 5.41) is 0. The topological polar surface area (TPSA) is 0 Å². The van der Waals surface area contributed by atoms with E-state index in [4.69, 9.17) is 0 Å². The average Bonchev–Trinajstić information content (AvgIpc) is 2.45. The highest BCUT2D eigenvalue weighted by molar-refractivity contribution is 5.26. The molecule has 2 rings (SSSR count). The third-order valence-electron chi connectivity index (χ3n) is 2.52. The van der Waals surface area contributed by atoms with E-state index in [1.807, 2.05) is 0 Å². The van der Waals surface area contributed by atoms with Gasteiger partial charge in [-0.1, -0.05) is 23.8 Å². The molecule has 2 aliphatic rings. The second-order valence-electron chi connectivity index (χ2n) is 3.05. The third-order valence-corrected chi connectivity index (χ3v) is 2.52. The highest BCUT2D eigenvalue weighted by atomic mass is 14.3. The fourth-order valence-electron chi connectivity index (χ4n) is 1.99. The Labute approximate surface area is 56.3 Å². The quantitative estimate of drug-likeness (QED) is 0.431. The second-order valence-corrected chi connectivity index (χ2v) is 3.05. The summed E-state index contributed by atoms with van der Waals surface area (Å²) in [5.74, 6) is 1.74. The first-order valence-corrected chi connectivity index (χ1v) is 3.73. The molecule has 0 aromatic rings. The molecule has 48 valence electrons. The number of allylic oxidation sites excluding steroid dienone is 4. The zero-order valence-corrected chi connectivity index (χ0v) is 5.80. The van der Waals surface area contributed by atoms with Crippen LogP contribution in [0.3, 0.4) is 0 Å². The van der Waals surface area contributed by atoms with Gasteiger partial charge in [0.05, 0.1) is 0 Å². The van der Waals surface area contributed by atoms with Crippen molar-refractivity contribution in [2.24, 2.45) is 11.8 Å². The Morgan fingerprint density at radius 2 is 2.44 bits per heavy atom. The lowest BCUT2D eigenvalue weighted by Gasteiger charge is -2.05. The van der Waals surface area contributed by atoms with Crippen molar-refractivity contribution >= 4 is 0 Å². The molecule has 0 radical (unpaired) electrons. The van der Waals surface area contributed by atoms with E-state index in [1.54, 1.807) is 5.57 Å². The standard InChI is InChI=1S/C9H12/c1-2-8-5-7-3-4-9(8)6-7/h2-4,7,9H,5-6H2,1H3/b8-2+/t7-,9-/m0/s1. The minimum atomic E-state index is 0.833. The maximum Gasteiger partial charge on any atom is -0.00174 e. The van der Waals surface area contributed by atoms with Crippen LogP contribution in [0.5, 0.6) is 0 Å². The van der Waals surface area contributed by atoms with Crippen LogP contribution >= 0.6 is 0 Å². The Bertz CT molecular complexity index is 174. The Balaban J connectivity index is 2.29. The molecule has 0 heteroatoms. The average molecular weight is 120 g/mol. The predicted octanol–water partition coefficient (Wildman–Crippen LogP) is 2.53. The van der Waals surface area contributed by atoms with Crippen molar-refractivity contribution < 1.29 is 0 Å². The van der Waals surface area contributed by atoms with Crippen molar-refractivity contribution in [2.45, 2.75) is 19.8 Å². The van der Waals surface area contributed by atoms with Gasteiger partial charge in [-0.05, 0) is 31.6 Å². The van der Waals surface area contributed by atoms with Crippen LogP contribution in [0.15, 0.2) is 23.8 Å². The molecule has 2 aliphatic carbocycles. The first kappa shape index (κ1) is 5.28. The van der Waals surface area contributed by atoms with Gasteiger partial charge in [-0.15, -0.1) is 0 Å². The molecule has 0 N–H and O–H groups in total. The fourth-order valence-corrected chi connectivity index (χ4v) is 1.99. The first-order valence-electron chi connectivity index (χ1n) is 3.73. The highest BCUT2D eigenvalue weighted by Gasteiger charge is 2.29. The molecule has 2 atom stereocenters. The Morgan fingerprint density at radius 1 is 1.56 bits per heavy atom. The normalized spacial score (nSPS) is 43.0. The Morgan fingerprint density at radius 3 is 2.78 bits per heavy atom. The number of hydrogen-bond donors (Lipinski definition) is 0. The molecule has 0 aromatic heterocycles. The molecule has 2 bridgehead atoms. The largest absolute Gasteiger partial charge is 0.0878 e. The van der Waals surface area contributed by atoms with E-state index in [1.165, 1.54) is 12.8 Å². The summed E-state index contributed by atoms with van der Waals surface area (Å²) in [7, 11) is 0. The zero-order valence-electron chi connectivity index (χ0n) is 5.80. The van der Waals surface area contributed by atoms with Crippen molar-refractivity contribution in [1.29, 1.82) is 0 Å². The maximum atomic E-state index is 2.37. The van der Waals surface area contributed by atoms with Gasteiger partial charge in [0.25, 0.3) is 0 Å². The Hall–Kier alpha value is -0.520. The lowest BCUT2D eigenvalue weighted by Crippen LogP contribution is -1.90.